The monoisotopic (exact) mass is 356 g/mol. The van der Waals surface area contributed by atoms with E-state index in [1.54, 1.807) is 0 Å². The number of nitrogens with zero attached hydrogens (tertiary/aromatic N) is 1. The quantitative estimate of drug-likeness (QED) is 0.872. The minimum atomic E-state index is 0. The van der Waals surface area contributed by atoms with Crippen LogP contribution in [0.2, 0.25) is 10.0 Å². The van der Waals surface area contributed by atoms with E-state index < -0.39 is 0 Å². The molecule has 2 aliphatic rings. The summed E-state index contributed by atoms with van der Waals surface area (Å²) in [4.78, 5) is 2.58. The smallest absolute Gasteiger partial charge is 0.0424 e. The molecular formula is C14H20Cl4N2. The van der Waals surface area contributed by atoms with E-state index in [9.17, 15) is 0 Å². The molecule has 0 spiro atoms. The van der Waals surface area contributed by atoms with Crippen LogP contribution in [0.3, 0.4) is 0 Å². The summed E-state index contributed by atoms with van der Waals surface area (Å²) < 4.78 is 0. The fraction of sp³-hybridized carbons (Fsp3) is 0.571. The molecule has 114 valence electrons. The van der Waals surface area contributed by atoms with E-state index in [1.807, 2.05) is 6.07 Å². The molecule has 2 nitrogen and oxygen atoms in total. The maximum atomic E-state index is 6.14. The number of piperazine rings is 1. The Labute approximate surface area is 143 Å². The van der Waals surface area contributed by atoms with Crippen molar-refractivity contribution < 1.29 is 0 Å². The van der Waals surface area contributed by atoms with Gasteiger partial charge in [0.05, 0.1) is 0 Å². The van der Waals surface area contributed by atoms with E-state index in [0.717, 1.165) is 42.1 Å². The first-order valence-electron chi connectivity index (χ1n) is 6.65. The first kappa shape index (κ1) is 18.3. The van der Waals surface area contributed by atoms with E-state index >= 15 is 0 Å². The average Bonchev–Trinajstić information content (AvgIpc) is 3.14. The van der Waals surface area contributed by atoms with Crippen LogP contribution in [0.4, 0.5) is 0 Å². The van der Waals surface area contributed by atoms with Crippen LogP contribution in [0.1, 0.15) is 24.4 Å². The Kier molecular flexibility index (Phi) is 7.40. The van der Waals surface area contributed by atoms with Crippen molar-refractivity contribution in [3.05, 3.63) is 33.8 Å². The molecule has 1 aliphatic heterocycles. The lowest BCUT2D eigenvalue weighted by molar-refractivity contribution is 0.156. The molecule has 0 aromatic heterocycles. The van der Waals surface area contributed by atoms with Gasteiger partial charge in [-0.2, -0.15) is 0 Å². The van der Waals surface area contributed by atoms with Crippen molar-refractivity contribution >= 4 is 48.0 Å². The lowest BCUT2D eigenvalue weighted by atomic mass is 10.00. The van der Waals surface area contributed by atoms with E-state index in [0.29, 0.717) is 6.04 Å². The Morgan fingerprint density at radius 2 is 1.55 bits per heavy atom. The predicted octanol–water partition coefficient (Wildman–Crippen LogP) is 4.19. The summed E-state index contributed by atoms with van der Waals surface area (Å²) in [5, 5.41) is 4.91. The SMILES string of the molecule is Cl.Cl.Clc1cc(Cl)cc([C@H](C2CC2)N2CCNCC2)c1. The lowest BCUT2D eigenvalue weighted by Crippen LogP contribution is -2.45. The van der Waals surface area contributed by atoms with E-state index in [-0.39, 0.29) is 24.8 Å². The van der Waals surface area contributed by atoms with Gasteiger partial charge >= 0.3 is 0 Å². The zero-order valence-corrected chi connectivity index (χ0v) is 14.3. The van der Waals surface area contributed by atoms with Crippen molar-refractivity contribution in [1.29, 1.82) is 0 Å². The van der Waals surface area contributed by atoms with E-state index in [4.69, 9.17) is 23.2 Å². The molecule has 1 aliphatic carbocycles. The predicted molar refractivity (Wildman–Crippen MR) is 90.9 cm³/mol. The maximum absolute atomic E-state index is 6.14. The van der Waals surface area contributed by atoms with Gasteiger partial charge in [0.15, 0.2) is 0 Å². The van der Waals surface area contributed by atoms with Crippen LogP contribution < -0.4 is 5.32 Å². The van der Waals surface area contributed by atoms with Gasteiger partial charge in [-0.15, -0.1) is 24.8 Å². The number of hydrogen-bond acceptors (Lipinski definition) is 2. The molecule has 0 radical (unpaired) electrons. The summed E-state index contributed by atoms with van der Waals surface area (Å²) in [6, 6.07) is 6.48. The highest BCUT2D eigenvalue weighted by molar-refractivity contribution is 6.34. The second-order valence-corrected chi connectivity index (χ2v) is 6.14. The highest BCUT2D eigenvalue weighted by atomic mass is 35.5. The van der Waals surface area contributed by atoms with Crippen LogP contribution >= 0.6 is 48.0 Å². The van der Waals surface area contributed by atoms with Crippen LogP contribution in [0.5, 0.6) is 0 Å². The molecule has 2 fully saturated rings. The number of benzene rings is 1. The highest BCUT2D eigenvalue weighted by Gasteiger charge is 2.36. The lowest BCUT2D eigenvalue weighted by Gasteiger charge is -2.35. The van der Waals surface area contributed by atoms with E-state index in [1.165, 1.54) is 18.4 Å². The van der Waals surface area contributed by atoms with Gasteiger partial charge in [0.1, 0.15) is 0 Å². The molecule has 0 bridgehead atoms. The first-order valence-corrected chi connectivity index (χ1v) is 7.40. The molecule has 1 atom stereocenters. The van der Waals surface area contributed by atoms with E-state index in [2.05, 4.69) is 22.3 Å². The first-order chi connectivity index (χ1) is 8.74. The number of hydrogen-bond donors (Lipinski definition) is 1. The van der Waals surface area contributed by atoms with Crippen molar-refractivity contribution in [2.45, 2.75) is 18.9 Å². The largest absolute Gasteiger partial charge is 0.314 e. The van der Waals surface area contributed by atoms with Gasteiger partial charge < -0.3 is 5.32 Å². The van der Waals surface area contributed by atoms with Crippen molar-refractivity contribution in [3.8, 4) is 0 Å². The van der Waals surface area contributed by atoms with Gasteiger partial charge in [-0.3, -0.25) is 4.90 Å². The van der Waals surface area contributed by atoms with Gasteiger partial charge in [-0.25, -0.2) is 0 Å². The van der Waals surface area contributed by atoms with Gasteiger partial charge in [0.2, 0.25) is 0 Å². The van der Waals surface area contributed by atoms with Crippen LogP contribution in [-0.4, -0.2) is 31.1 Å². The molecule has 6 heteroatoms. The van der Waals surface area contributed by atoms with Gasteiger partial charge in [0, 0.05) is 42.3 Å². The summed E-state index contributed by atoms with van der Waals surface area (Å²) in [5.74, 6) is 0.789. The van der Waals surface area contributed by atoms with Crippen LogP contribution in [0.25, 0.3) is 0 Å². The Morgan fingerprint density at radius 1 is 1.00 bits per heavy atom. The number of nitrogens with one attached hydrogen (secondary N) is 1. The molecule has 1 aromatic rings. The van der Waals surface area contributed by atoms with Crippen LogP contribution in [0.15, 0.2) is 18.2 Å². The molecule has 0 unspecified atom stereocenters. The molecule has 1 heterocycles. The molecule has 1 saturated heterocycles. The third-order valence-corrected chi connectivity index (χ3v) is 4.28. The molecule has 1 saturated carbocycles. The minimum absolute atomic E-state index is 0. The third-order valence-electron chi connectivity index (χ3n) is 3.84. The fourth-order valence-corrected chi connectivity index (χ4v) is 3.44. The molecule has 20 heavy (non-hydrogen) atoms. The van der Waals surface area contributed by atoms with Crippen molar-refractivity contribution in [1.82, 2.24) is 10.2 Å². The van der Waals surface area contributed by atoms with Crippen molar-refractivity contribution in [2.75, 3.05) is 26.2 Å². The maximum Gasteiger partial charge on any atom is 0.0424 e. The minimum Gasteiger partial charge on any atom is -0.314 e. The van der Waals surface area contributed by atoms with Crippen molar-refractivity contribution in [3.63, 3.8) is 0 Å². The molecular weight excluding hydrogens is 338 g/mol. The zero-order chi connectivity index (χ0) is 12.5. The molecule has 0 amide bonds. The van der Waals surface area contributed by atoms with Crippen molar-refractivity contribution in [2.24, 2.45) is 5.92 Å². The summed E-state index contributed by atoms with van der Waals surface area (Å²) in [7, 11) is 0. The summed E-state index contributed by atoms with van der Waals surface area (Å²) in [6.45, 7) is 4.39. The summed E-state index contributed by atoms with van der Waals surface area (Å²) in [6.07, 6.45) is 2.66. The number of halogens is 4. The second-order valence-electron chi connectivity index (χ2n) is 5.27. The summed E-state index contributed by atoms with van der Waals surface area (Å²) >= 11 is 12.3. The van der Waals surface area contributed by atoms with Crippen LogP contribution in [0, 0.1) is 5.92 Å². The van der Waals surface area contributed by atoms with Gasteiger partial charge in [-0.1, -0.05) is 23.2 Å². The fourth-order valence-electron chi connectivity index (χ4n) is 2.90. The number of rotatable bonds is 3. The highest BCUT2D eigenvalue weighted by Crippen LogP contribution is 2.45. The molecule has 1 aromatic carbocycles. The third kappa shape index (κ3) is 4.40. The Balaban J connectivity index is 0.000001000. The zero-order valence-electron chi connectivity index (χ0n) is 11.1. The Hall–Kier alpha value is 0.300. The Bertz CT molecular complexity index is 411. The van der Waals surface area contributed by atoms with Gasteiger partial charge in [-0.05, 0) is 42.5 Å². The van der Waals surface area contributed by atoms with Crippen LogP contribution in [-0.2, 0) is 0 Å². The topological polar surface area (TPSA) is 15.3 Å². The molecule has 3 rings (SSSR count). The van der Waals surface area contributed by atoms with Gasteiger partial charge in [0.25, 0.3) is 0 Å². The standard InChI is InChI=1S/C14H18Cl2N2.2ClH/c15-12-7-11(8-13(16)9-12)14(10-1-2-10)18-5-3-17-4-6-18;;/h7-10,14,17H,1-6H2;2*1H/t14-;;/m0../s1. The normalized spacial score (nSPS) is 20.7. The Morgan fingerprint density at radius 3 is 2.05 bits per heavy atom. The summed E-state index contributed by atoms with van der Waals surface area (Å²) in [5.41, 5.74) is 1.29. The molecule has 1 N–H and O–H groups in total. The second kappa shape index (κ2) is 8.07. The average molecular weight is 358 g/mol.